The van der Waals surface area contributed by atoms with E-state index >= 15 is 0 Å². The maximum Gasteiger partial charge on any atom is 0.170 e. The highest BCUT2D eigenvalue weighted by Crippen LogP contribution is 2.18. The number of nitriles is 1. The molecule has 1 aliphatic heterocycles. The first-order valence-electron chi connectivity index (χ1n) is 1.89. The molecule has 0 spiro atoms. The van der Waals surface area contributed by atoms with Crippen LogP contribution in [0.1, 0.15) is 6.92 Å². The van der Waals surface area contributed by atoms with Crippen molar-refractivity contribution in [2.45, 2.75) is 19.1 Å². The highest BCUT2D eigenvalue weighted by Gasteiger charge is 2.33. The number of hydrogen-bond donors (Lipinski definition) is 0. The Balaban J connectivity index is 2.31. The monoisotopic (exact) mass is 83.0 g/mol. The first kappa shape index (κ1) is 3.63. The zero-order chi connectivity index (χ0) is 4.57. The Morgan fingerprint density at radius 2 is 2.33 bits per heavy atom. The summed E-state index contributed by atoms with van der Waals surface area (Å²) in [6.45, 7) is 1.88. The van der Waals surface area contributed by atoms with E-state index in [1.807, 2.05) is 13.0 Å². The van der Waals surface area contributed by atoms with Crippen molar-refractivity contribution < 1.29 is 4.74 Å². The molecular formula is C4H5NO. The molecule has 0 radical (unpaired) electrons. The number of nitrogens with zero attached hydrogens (tertiary/aromatic N) is 1. The van der Waals surface area contributed by atoms with Crippen LogP contribution in [0.4, 0.5) is 0 Å². The third kappa shape index (κ3) is 0.373. The zero-order valence-electron chi connectivity index (χ0n) is 3.51. The molecule has 1 fully saturated rings. The van der Waals surface area contributed by atoms with Crippen LogP contribution in [0.2, 0.25) is 0 Å². The number of hydrogen-bond acceptors (Lipinski definition) is 2. The molecule has 0 saturated carbocycles. The van der Waals surface area contributed by atoms with Crippen LogP contribution in [0, 0.1) is 11.3 Å². The third-order valence-electron chi connectivity index (χ3n) is 0.838. The summed E-state index contributed by atoms with van der Waals surface area (Å²) in [5.74, 6) is 0. The lowest BCUT2D eigenvalue weighted by Gasteiger charge is -1.55. The van der Waals surface area contributed by atoms with Gasteiger partial charge in [-0.3, -0.25) is 0 Å². The van der Waals surface area contributed by atoms with Crippen molar-refractivity contribution in [3.8, 4) is 6.07 Å². The molecule has 0 unspecified atom stereocenters. The van der Waals surface area contributed by atoms with Gasteiger partial charge in [0.1, 0.15) is 0 Å². The van der Waals surface area contributed by atoms with Gasteiger partial charge >= 0.3 is 0 Å². The minimum atomic E-state index is -0.0926. The van der Waals surface area contributed by atoms with Crippen molar-refractivity contribution in [2.24, 2.45) is 0 Å². The lowest BCUT2D eigenvalue weighted by Crippen LogP contribution is -1.78. The summed E-state index contributed by atoms with van der Waals surface area (Å²) < 4.78 is 4.70. The van der Waals surface area contributed by atoms with Gasteiger partial charge in [-0.05, 0) is 6.92 Å². The van der Waals surface area contributed by atoms with E-state index in [1.165, 1.54) is 0 Å². The fourth-order valence-corrected chi connectivity index (χ4v) is 0.321. The summed E-state index contributed by atoms with van der Waals surface area (Å²) in [4.78, 5) is 0. The van der Waals surface area contributed by atoms with Crippen LogP contribution < -0.4 is 0 Å². The fourth-order valence-electron chi connectivity index (χ4n) is 0.321. The standard InChI is InChI=1S/C4H5NO/c1-3-4(2-5)6-3/h3-4H,1H3/t3-,4-/m1/s1. The van der Waals surface area contributed by atoms with Gasteiger partial charge in [0.2, 0.25) is 0 Å². The van der Waals surface area contributed by atoms with E-state index < -0.39 is 0 Å². The molecule has 1 aliphatic rings. The van der Waals surface area contributed by atoms with Gasteiger partial charge in [-0.1, -0.05) is 0 Å². The second-order valence-electron chi connectivity index (χ2n) is 1.39. The molecule has 0 aliphatic carbocycles. The first-order valence-corrected chi connectivity index (χ1v) is 1.89. The molecule has 0 N–H and O–H groups in total. The largest absolute Gasteiger partial charge is 0.354 e. The van der Waals surface area contributed by atoms with Crippen molar-refractivity contribution in [1.82, 2.24) is 0 Å². The maximum atomic E-state index is 8.00. The van der Waals surface area contributed by atoms with Crippen LogP contribution in [-0.4, -0.2) is 12.2 Å². The van der Waals surface area contributed by atoms with Gasteiger partial charge in [-0.2, -0.15) is 5.26 Å². The molecule has 32 valence electrons. The van der Waals surface area contributed by atoms with Gasteiger partial charge in [-0.15, -0.1) is 0 Å². The summed E-state index contributed by atoms with van der Waals surface area (Å²) >= 11 is 0. The van der Waals surface area contributed by atoms with Gasteiger partial charge in [0, 0.05) is 0 Å². The number of rotatable bonds is 0. The van der Waals surface area contributed by atoms with E-state index in [0.29, 0.717) is 0 Å². The topological polar surface area (TPSA) is 36.3 Å². The Hall–Kier alpha value is -0.550. The highest BCUT2D eigenvalue weighted by molar-refractivity contribution is 4.99. The molecule has 0 aromatic rings. The Morgan fingerprint density at radius 3 is 2.33 bits per heavy atom. The Labute approximate surface area is 36.3 Å². The van der Waals surface area contributed by atoms with Gasteiger partial charge in [0.25, 0.3) is 0 Å². The molecule has 0 bridgehead atoms. The second kappa shape index (κ2) is 0.954. The first-order chi connectivity index (χ1) is 2.84. The fraction of sp³-hybridized carbons (Fsp3) is 0.750. The van der Waals surface area contributed by atoms with Gasteiger partial charge in [-0.25, -0.2) is 0 Å². The molecule has 6 heavy (non-hydrogen) atoms. The average molecular weight is 83.1 g/mol. The molecule has 0 aromatic carbocycles. The summed E-state index contributed by atoms with van der Waals surface area (Å²) in [5.41, 5.74) is 0. The van der Waals surface area contributed by atoms with Crippen LogP contribution in [0.15, 0.2) is 0 Å². The number of ether oxygens (including phenoxy) is 1. The summed E-state index contributed by atoms with van der Waals surface area (Å²) in [7, 11) is 0. The van der Waals surface area contributed by atoms with Crippen LogP contribution in [-0.2, 0) is 4.74 Å². The van der Waals surface area contributed by atoms with E-state index in [-0.39, 0.29) is 12.2 Å². The zero-order valence-corrected chi connectivity index (χ0v) is 3.51. The Kier molecular flexibility index (Phi) is 0.578. The van der Waals surface area contributed by atoms with Crippen molar-refractivity contribution in [2.75, 3.05) is 0 Å². The lowest BCUT2D eigenvalue weighted by atomic mass is 10.4. The summed E-state index contributed by atoms with van der Waals surface area (Å²) in [5, 5.41) is 8.00. The summed E-state index contributed by atoms with van der Waals surface area (Å²) in [6, 6.07) is 1.97. The predicted octanol–water partition coefficient (Wildman–Crippen LogP) is 0.297. The molecule has 1 rings (SSSR count). The van der Waals surface area contributed by atoms with Crippen molar-refractivity contribution in [3.05, 3.63) is 0 Å². The van der Waals surface area contributed by atoms with Crippen LogP contribution in [0.5, 0.6) is 0 Å². The van der Waals surface area contributed by atoms with Crippen LogP contribution in [0.3, 0.4) is 0 Å². The SMILES string of the molecule is C[C@H]1O[C@@H]1C#N. The van der Waals surface area contributed by atoms with E-state index in [2.05, 4.69) is 0 Å². The highest BCUT2D eigenvalue weighted by atomic mass is 16.6. The minimum absolute atomic E-state index is 0.0926. The molecule has 0 amide bonds. The molecule has 2 atom stereocenters. The Bertz CT molecular complexity index is 94.2. The van der Waals surface area contributed by atoms with Crippen molar-refractivity contribution >= 4 is 0 Å². The predicted molar refractivity (Wildman–Crippen MR) is 19.9 cm³/mol. The lowest BCUT2D eigenvalue weighted by molar-refractivity contribution is 0.402. The average Bonchev–Trinajstić information content (AvgIpc) is 2.19. The molecular weight excluding hydrogens is 78.0 g/mol. The quantitative estimate of drug-likeness (QED) is 0.395. The van der Waals surface area contributed by atoms with Crippen molar-refractivity contribution in [1.29, 1.82) is 5.26 Å². The molecule has 2 heteroatoms. The van der Waals surface area contributed by atoms with E-state index in [0.717, 1.165) is 0 Å². The van der Waals surface area contributed by atoms with Gasteiger partial charge in [0.15, 0.2) is 6.10 Å². The van der Waals surface area contributed by atoms with E-state index in [9.17, 15) is 0 Å². The van der Waals surface area contributed by atoms with Crippen LogP contribution >= 0.6 is 0 Å². The minimum Gasteiger partial charge on any atom is -0.354 e. The normalized spacial score (nSPS) is 41.3. The van der Waals surface area contributed by atoms with Crippen LogP contribution in [0.25, 0.3) is 0 Å². The molecule has 1 heterocycles. The van der Waals surface area contributed by atoms with Gasteiger partial charge in [0.05, 0.1) is 12.2 Å². The Morgan fingerprint density at radius 1 is 1.83 bits per heavy atom. The smallest absolute Gasteiger partial charge is 0.170 e. The molecule has 0 aromatic heterocycles. The molecule has 2 nitrogen and oxygen atoms in total. The number of epoxide rings is 1. The summed E-state index contributed by atoms with van der Waals surface area (Å²) in [6.07, 6.45) is 0.111. The third-order valence-corrected chi connectivity index (χ3v) is 0.838. The van der Waals surface area contributed by atoms with E-state index in [1.54, 1.807) is 0 Å². The second-order valence-corrected chi connectivity index (χ2v) is 1.39. The van der Waals surface area contributed by atoms with Gasteiger partial charge < -0.3 is 4.74 Å². The van der Waals surface area contributed by atoms with Crippen molar-refractivity contribution in [3.63, 3.8) is 0 Å². The molecule has 1 saturated heterocycles. The maximum absolute atomic E-state index is 8.00. The van der Waals surface area contributed by atoms with E-state index in [4.69, 9.17) is 10.00 Å².